The molecule has 3 rings (SSSR count). The molecule has 3 unspecified atom stereocenters. The van der Waals surface area contributed by atoms with Crippen LogP contribution in [0.2, 0.25) is 0 Å². The smallest absolute Gasteiger partial charge is 0.0948 e. The van der Waals surface area contributed by atoms with E-state index in [2.05, 4.69) is 28.0 Å². The average molecular weight is 233 g/mol. The Balaban J connectivity index is 1.68. The summed E-state index contributed by atoms with van der Waals surface area (Å²) >= 11 is 0. The third-order valence-corrected chi connectivity index (χ3v) is 4.48. The number of hydrogen-bond donors (Lipinski definition) is 1. The van der Waals surface area contributed by atoms with Gasteiger partial charge in [-0.1, -0.05) is 13.3 Å². The van der Waals surface area contributed by atoms with E-state index in [1.807, 2.05) is 6.33 Å². The topological polar surface area (TPSA) is 29.9 Å². The minimum Gasteiger partial charge on any atom is -0.334 e. The molecule has 3 atom stereocenters. The van der Waals surface area contributed by atoms with E-state index < -0.39 is 0 Å². The summed E-state index contributed by atoms with van der Waals surface area (Å²) in [5.41, 5.74) is 1.45. The van der Waals surface area contributed by atoms with Gasteiger partial charge in [-0.05, 0) is 37.6 Å². The van der Waals surface area contributed by atoms with E-state index in [4.69, 9.17) is 0 Å². The van der Waals surface area contributed by atoms with Gasteiger partial charge in [-0.15, -0.1) is 0 Å². The summed E-state index contributed by atoms with van der Waals surface area (Å²) in [6.07, 6.45) is 9.61. The quantitative estimate of drug-likeness (QED) is 0.869. The maximum atomic E-state index is 4.36. The highest BCUT2D eigenvalue weighted by atomic mass is 15.1. The Hall–Kier alpha value is -0.830. The highest BCUT2D eigenvalue weighted by molar-refractivity contribution is 5.09. The Morgan fingerprint density at radius 3 is 3.06 bits per heavy atom. The summed E-state index contributed by atoms with van der Waals surface area (Å²) in [4.78, 5) is 4.36. The number of nitrogens with zero attached hydrogens (tertiary/aromatic N) is 2. The summed E-state index contributed by atoms with van der Waals surface area (Å²) < 4.78 is 2.42. The van der Waals surface area contributed by atoms with Crippen molar-refractivity contribution in [1.82, 2.24) is 14.9 Å². The van der Waals surface area contributed by atoms with Crippen LogP contribution in [0.15, 0.2) is 12.5 Å². The van der Waals surface area contributed by atoms with Crippen molar-refractivity contribution >= 4 is 0 Å². The highest BCUT2D eigenvalue weighted by Gasteiger charge is 2.24. The molecule has 2 heterocycles. The van der Waals surface area contributed by atoms with Crippen LogP contribution in [0, 0.1) is 11.8 Å². The maximum absolute atomic E-state index is 4.36. The van der Waals surface area contributed by atoms with Gasteiger partial charge in [0.1, 0.15) is 0 Å². The fraction of sp³-hybridized carbons (Fsp3) is 0.786. The zero-order valence-corrected chi connectivity index (χ0v) is 10.7. The minimum atomic E-state index is 0.691. The van der Waals surface area contributed by atoms with Gasteiger partial charge in [0.05, 0.1) is 6.33 Å². The first-order valence-electron chi connectivity index (χ1n) is 7.03. The van der Waals surface area contributed by atoms with Crippen molar-refractivity contribution in [2.75, 3.05) is 13.1 Å². The lowest BCUT2D eigenvalue weighted by molar-refractivity contribution is 0.428. The van der Waals surface area contributed by atoms with E-state index in [9.17, 15) is 0 Å². The summed E-state index contributed by atoms with van der Waals surface area (Å²) in [7, 11) is 0. The SMILES string of the molecule is CC1CCC(Cn2cncc2C2CCNC2)C1. The first kappa shape index (κ1) is 11.3. The van der Waals surface area contributed by atoms with Crippen molar-refractivity contribution in [3.63, 3.8) is 0 Å². The van der Waals surface area contributed by atoms with Crippen LogP contribution in [0.25, 0.3) is 0 Å². The van der Waals surface area contributed by atoms with Gasteiger partial charge in [0.2, 0.25) is 0 Å². The van der Waals surface area contributed by atoms with E-state index in [1.54, 1.807) is 0 Å². The molecular formula is C14H23N3. The van der Waals surface area contributed by atoms with Crippen LogP contribution in [-0.4, -0.2) is 22.6 Å². The van der Waals surface area contributed by atoms with Crippen LogP contribution in [0.1, 0.15) is 44.2 Å². The molecule has 0 spiro atoms. The van der Waals surface area contributed by atoms with Crippen molar-refractivity contribution in [2.45, 2.75) is 45.1 Å². The summed E-state index contributed by atoms with van der Waals surface area (Å²) in [5.74, 6) is 2.50. The molecule has 0 aromatic carbocycles. The zero-order valence-electron chi connectivity index (χ0n) is 10.7. The Labute approximate surface area is 104 Å². The normalized spacial score (nSPS) is 33.4. The van der Waals surface area contributed by atoms with E-state index in [1.165, 1.54) is 37.9 Å². The molecule has 1 aromatic rings. The number of aromatic nitrogens is 2. The van der Waals surface area contributed by atoms with Crippen molar-refractivity contribution < 1.29 is 0 Å². The third-order valence-electron chi connectivity index (χ3n) is 4.48. The number of imidazole rings is 1. The lowest BCUT2D eigenvalue weighted by atomic mass is 10.0. The predicted molar refractivity (Wildman–Crippen MR) is 69.0 cm³/mol. The Kier molecular flexibility index (Phi) is 3.19. The van der Waals surface area contributed by atoms with Crippen molar-refractivity contribution in [2.24, 2.45) is 11.8 Å². The van der Waals surface area contributed by atoms with Gasteiger partial charge in [-0.2, -0.15) is 0 Å². The molecule has 1 saturated heterocycles. The summed E-state index contributed by atoms with van der Waals surface area (Å²) in [6, 6.07) is 0. The predicted octanol–water partition coefficient (Wildman–Crippen LogP) is 2.40. The number of nitrogens with one attached hydrogen (secondary N) is 1. The molecule has 0 amide bonds. The van der Waals surface area contributed by atoms with E-state index in [-0.39, 0.29) is 0 Å². The molecule has 1 aromatic heterocycles. The second-order valence-corrected chi connectivity index (χ2v) is 5.94. The fourth-order valence-corrected chi connectivity index (χ4v) is 3.50. The van der Waals surface area contributed by atoms with Crippen molar-refractivity contribution in [1.29, 1.82) is 0 Å². The molecule has 2 fully saturated rings. The monoisotopic (exact) mass is 233 g/mol. The first-order chi connectivity index (χ1) is 8.33. The Morgan fingerprint density at radius 2 is 2.35 bits per heavy atom. The van der Waals surface area contributed by atoms with Crippen molar-refractivity contribution in [3.05, 3.63) is 18.2 Å². The highest BCUT2D eigenvalue weighted by Crippen LogP contribution is 2.32. The Bertz CT molecular complexity index is 365. The standard InChI is InChI=1S/C14H23N3/c1-11-2-3-12(6-11)9-17-10-16-8-14(17)13-4-5-15-7-13/h8,10-13,15H,2-7,9H2,1H3. The molecule has 1 saturated carbocycles. The lowest BCUT2D eigenvalue weighted by Gasteiger charge is -2.16. The molecule has 2 aliphatic rings. The maximum Gasteiger partial charge on any atom is 0.0948 e. The van der Waals surface area contributed by atoms with E-state index in [0.717, 1.165) is 24.9 Å². The van der Waals surface area contributed by atoms with Gasteiger partial charge in [0, 0.05) is 30.9 Å². The van der Waals surface area contributed by atoms with Gasteiger partial charge < -0.3 is 9.88 Å². The first-order valence-corrected chi connectivity index (χ1v) is 7.03. The molecule has 0 bridgehead atoms. The van der Waals surface area contributed by atoms with E-state index >= 15 is 0 Å². The fourth-order valence-electron chi connectivity index (χ4n) is 3.50. The largest absolute Gasteiger partial charge is 0.334 e. The number of rotatable bonds is 3. The van der Waals surface area contributed by atoms with Gasteiger partial charge in [-0.25, -0.2) is 4.98 Å². The second kappa shape index (κ2) is 4.81. The molecule has 94 valence electrons. The summed E-state index contributed by atoms with van der Waals surface area (Å²) in [5, 5.41) is 3.45. The van der Waals surface area contributed by atoms with Gasteiger partial charge in [0.15, 0.2) is 0 Å². The van der Waals surface area contributed by atoms with Gasteiger partial charge in [-0.3, -0.25) is 0 Å². The molecule has 3 nitrogen and oxygen atoms in total. The Morgan fingerprint density at radius 1 is 1.41 bits per heavy atom. The minimum absolute atomic E-state index is 0.691. The van der Waals surface area contributed by atoms with Crippen LogP contribution in [0.4, 0.5) is 0 Å². The lowest BCUT2D eigenvalue weighted by Crippen LogP contribution is -2.14. The summed E-state index contributed by atoms with van der Waals surface area (Å²) in [6.45, 7) is 5.87. The van der Waals surface area contributed by atoms with Crippen LogP contribution < -0.4 is 5.32 Å². The van der Waals surface area contributed by atoms with Gasteiger partial charge in [0.25, 0.3) is 0 Å². The molecule has 1 N–H and O–H groups in total. The van der Waals surface area contributed by atoms with Gasteiger partial charge >= 0.3 is 0 Å². The molecule has 1 aliphatic carbocycles. The number of hydrogen-bond acceptors (Lipinski definition) is 2. The third kappa shape index (κ3) is 2.39. The van der Waals surface area contributed by atoms with E-state index in [0.29, 0.717) is 5.92 Å². The molecule has 17 heavy (non-hydrogen) atoms. The molecular weight excluding hydrogens is 210 g/mol. The molecule has 1 aliphatic heterocycles. The van der Waals surface area contributed by atoms with Crippen LogP contribution >= 0.6 is 0 Å². The molecule has 3 heteroatoms. The van der Waals surface area contributed by atoms with Crippen LogP contribution in [-0.2, 0) is 6.54 Å². The van der Waals surface area contributed by atoms with Crippen LogP contribution in [0.5, 0.6) is 0 Å². The zero-order chi connectivity index (χ0) is 11.7. The molecule has 0 radical (unpaired) electrons. The van der Waals surface area contributed by atoms with Crippen LogP contribution in [0.3, 0.4) is 0 Å². The average Bonchev–Trinajstić information content (AvgIpc) is 3.00. The second-order valence-electron chi connectivity index (χ2n) is 5.94. The van der Waals surface area contributed by atoms with Crippen molar-refractivity contribution in [3.8, 4) is 0 Å².